The second-order valence-electron chi connectivity index (χ2n) is 4.80. The van der Waals surface area contributed by atoms with Gasteiger partial charge in [0.1, 0.15) is 5.75 Å². The van der Waals surface area contributed by atoms with Crippen LogP contribution in [0.25, 0.3) is 0 Å². The van der Waals surface area contributed by atoms with Gasteiger partial charge in [-0.1, -0.05) is 61.9 Å². The van der Waals surface area contributed by atoms with Gasteiger partial charge in [-0.2, -0.15) is 0 Å². The Bertz CT molecular complexity index is 522. The molecule has 20 heavy (non-hydrogen) atoms. The lowest BCUT2D eigenvalue weighted by atomic mass is 10.2. The van der Waals surface area contributed by atoms with Crippen LogP contribution >= 0.6 is 0 Å². The second-order valence-corrected chi connectivity index (χ2v) is 6.95. The van der Waals surface area contributed by atoms with Crippen LogP contribution in [0.5, 0.6) is 0 Å². The number of Topliss-reactive ketones (excluding diaryl/α,β-unsaturated/α-hetero) is 1. The van der Waals surface area contributed by atoms with Crippen molar-refractivity contribution in [3.63, 3.8) is 0 Å². The molecule has 0 fully saturated rings. The van der Waals surface area contributed by atoms with Crippen molar-refractivity contribution in [2.24, 2.45) is 0 Å². The minimum Gasteiger partial charge on any atom is -0.289 e. The fourth-order valence-corrected chi connectivity index (χ4v) is 4.28. The third kappa shape index (κ3) is 4.24. The Morgan fingerprint density at radius 1 is 0.950 bits per heavy atom. The van der Waals surface area contributed by atoms with Gasteiger partial charge >= 0.3 is 0 Å². The first-order valence-corrected chi connectivity index (χ1v) is 8.68. The fourth-order valence-electron chi connectivity index (χ4n) is 2.07. The number of carbonyl (C=O) groups excluding carboxylic acids is 1. The number of hydrogen-bond donors (Lipinski definition) is 0. The van der Waals surface area contributed by atoms with E-state index < -0.39 is 0 Å². The topological polar surface area (TPSA) is 17.1 Å². The monoisotopic (exact) mass is 285 g/mol. The van der Waals surface area contributed by atoms with Crippen LogP contribution in [-0.4, -0.2) is 17.3 Å². The Balaban J connectivity index is 2.10. The predicted molar refractivity (Wildman–Crippen MR) is 87.5 cm³/mol. The minimum absolute atomic E-state index is 0.0321. The van der Waals surface area contributed by atoms with E-state index in [0.29, 0.717) is 5.75 Å². The van der Waals surface area contributed by atoms with Crippen molar-refractivity contribution < 1.29 is 4.79 Å². The van der Waals surface area contributed by atoms with Crippen molar-refractivity contribution in [3.05, 3.63) is 66.2 Å². The smallest absolute Gasteiger partial charge is 0.212 e. The first kappa shape index (κ1) is 14.9. The van der Waals surface area contributed by atoms with Gasteiger partial charge in [0.2, 0.25) is 5.78 Å². The van der Waals surface area contributed by atoms with Gasteiger partial charge in [0, 0.05) is 16.5 Å². The van der Waals surface area contributed by atoms with Crippen LogP contribution < -0.4 is 0 Å². The van der Waals surface area contributed by atoms with Crippen LogP contribution in [0.3, 0.4) is 0 Å². The van der Waals surface area contributed by atoms with Gasteiger partial charge in [-0.05, 0) is 18.6 Å². The summed E-state index contributed by atoms with van der Waals surface area (Å²) in [5.41, 5.74) is 0.831. The van der Waals surface area contributed by atoms with Crippen LogP contribution in [0, 0.1) is 0 Å². The lowest BCUT2D eigenvalue weighted by molar-refractivity contribution is 0.102. The first-order chi connectivity index (χ1) is 9.81. The van der Waals surface area contributed by atoms with Gasteiger partial charge in [0.15, 0.2) is 10.6 Å². The molecule has 1 nitrogen and oxygen atoms in total. The Hall–Kier alpha value is -1.54. The number of hydrogen-bond acceptors (Lipinski definition) is 1. The summed E-state index contributed by atoms with van der Waals surface area (Å²) in [6.45, 7) is 2.20. The van der Waals surface area contributed by atoms with E-state index in [1.165, 1.54) is 17.7 Å². The largest absolute Gasteiger partial charge is 0.289 e. The number of rotatable bonds is 7. The lowest BCUT2D eigenvalue weighted by Gasteiger charge is -2.07. The molecule has 2 aromatic carbocycles. The van der Waals surface area contributed by atoms with Crippen molar-refractivity contribution in [1.29, 1.82) is 0 Å². The highest BCUT2D eigenvalue weighted by Crippen LogP contribution is 2.17. The molecule has 2 rings (SSSR count). The Morgan fingerprint density at radius 3 is 2.15 bits per heavy atom. The standard InChI is InChI=1S/C18H21OS/c1-2-3-14-20(17-12-8-5-9-13-17)15-18(19)16-10-6-4-7-11-16/h4-13H,2-3,14-15H2,1H3/q+1. The van der Waals surface area contributed by atoms with Gasteiger partial charge in [0.05, 0.1) is 0 Å². The Morgan fingerprint density at radius 2 is 1.55 bits per heavy atom. The number of ketones is 1. The molecule has 0 spiro atoms. The maximum absolute atomic E-state index is 12.4. The lowest BCUT2D eigenvalue weighted by Crippen LogP contribution is -2.20. The second kappa shape index (κ2) is 7.91. The summed E-state index contributed by atoms with van der Waals surface area (Å²) < 4.78 is 0. The molecular formula is C18H21OS+. The van der Waals surface area contributed by atoms with Crippen LogP contribution in [0.2, 0.25) is 0 Å². The quantitative estimate of drug-likeness (QED) is 0.546. The molecule has 104 valence electrons. The third-order valence-electron chi connectivity index (χ3n) is 3.22. The van der Waals surface area contributed by atoms with Crippen LogP contribution in [-0.2, 0) is 10.9 Å². The summed E-state index contributed by atoms with van der Waals surface area (Å²) in [5, 5.41) is 0. The first-order valence-electron chi connectivity index (χ1n) is 7.12. The molecule has 0 N–H and O–H groups in total. The van der Waals surface area contributed by atoms with Gasteiger partial charge in [-0.25, -0.2) is 0 Å². The number of unbranched alkanes of at least 4 members (excludes halogenated alkanes) is 1. The molecule has 0 bridgehead atoms. The third-order valence-corrected chi connectivity index (χ3v) is 5.55. The molecule has 0 aliphatic rings. The zero-order valence-corrected chi connectivity index (χ0v) is 12.7. The van der Waals surface area contributed by atoms with E-state index in [2.05, 4.69) is 31.2 Å². The van der Waals surface area contributed by atoms with E-state index in [1.54, 1.807) is 0 Å². The highest BCUT2D eigenvalue weighted by molar-refractivity contribution is 7.97. The average molecular weight is 285 g/mol. The summed E-state index contributed by atoms with van der Waals surface area (Å²) >= 11 is 0. The maximum atomic E-state index is 12.4. The normalized spacial score (nSPS) is 12.1. The Kier molecular flexibility index (Phi) is 5.87. The zero-order chi connectivity index (χ0) is 14.2. The summed E-state index contributed by atoms with van der Waals surface area (Å²) in [5.74, 6) is 2.00. The van der Waals surface area contributed by atoms with E-state index in [9.17, 15) is 4.79 Å². The van der Waals surface area contributed by atoms with E-state index in [-0.39, 0.29) is 16.7 Å². The average Bonchev–Trinajstić information content (AvgIpc) is 2.53. The molecule has 0 saturated carbocycles. The highest BCUT2D eigenvalue weighted by atomic mass is 32.2. The molecule has 0 radical (unpaired) electrons. The Labute approximate surface area is 124 Å². The highest BCUT2D eigenvalue weighted by Gasteiger charge is 2.25. The van der Waals surface area contributed by atoms with Crippen molar-refractivity contribution >= 4 is 16.7 Å². The predicted octanol–water partition coefficient (Wildman–Crippen LogP) is 4.35. The molecule has 1 atom stereocenters. The van der Waals surface area contributed by atoms with Gasteiger partial charge in [-0.3, -0.25) is 4.79 Å². The number of benzene rings is 2. The molecule has 0 aromatic heterocycles. The van der Waals surface area contributed by atoms with Crippen LogP contribution in [0.15, 0.2) is 65.6 Å². The SMILES string of the molecule is CCCC[S+](CC(=O)c1ccccc1)c1ccccc1. The molecule has 0 aliphatic heterocycles. The van der Waals surface area contributed by atoms with E-state index in [4.69, 9.17) is 0 Å². The molecule has 2 aromatic rings. The fraction of sp³-hybridized carbons (Fsp3) is 0.278. The summed E-state index contributed by atoms with van der Waals surface area (Å²) in [6, 6.07) is 20.1. The van der Waals surface area contributed by atoms with E-state index in [1.807, 2.05) is 36.4 Å². The van der Waals surface area contributed by atoms with Gasteiger partial charge in [0.25, 0.3) is 0 Å². The van der Waals surface area contributed by atoms with Gasteiger partial charge in [-0.15, -0.1) is 0 Å². The molecule has 1 unspecified atom stereocenters. The minimum atomic E-state index is 0.0321. The number of carbonyl (C=O) groups is 1. The maximum Gasteiger partial charge on any atom is 0.212 e. The summed E-state index contributed by atoms with van der Waals surface area (Å²) in [4.78, 5) is 13.7. The van der Waals surface area contributed by atoms with E-state index in [0.717, 1.165) is 11.3 Å². The van der Waals surface area contributed by atoms with Crippen LogP contribution in [0.1, 0.15) is 30.1 Å². The van der Waals surface area contributed by atoms with Crippen molar-refractivity contribution in [1.82, 2.24) is 0 Å². The zero-order valence-electron chi connectivity index (χ0n) is 11.9. The van der Waals surface area contributed by atoms with Crippen molar-refractivity contribution in [2.75, 3.05) is 11.5 Å². The van der Waals surface area contributed by atoms with Crippen molar-refractivity contribution in [3.8, 4) is 0 Å². The molecular weight excluding hydrogens is 264 g/mol. The molecule has 0 heterocycles. The molecule has 0 saturated heterocycles. The summed E-state index contributed by atoms with van der Waals surface area (Å²) in [6.07, 6.45) is 2.36. The van der Waals surface area contributed by atoms with Crippen LogP contribution in [0.4, 0.5) is 0 Å². The van der Waals surface area contributed by atoms with Gasteiger partial charge < -0.3 is 0 Å². The summed E-state index contributed by atoms with van der Waals surface area (Å²) in [7, 11) is 0.0321. The molecule has 0 aliphatic carbocycles. The molecule has 0 amide bonds. The molecule has 2 heteroatoms. The van der Waals surface area contributed by atoms with Crippen molar-refractivity contribution in [2.45, 2.75) is 24.7 Å². The van der Waals surface area contributed by atoms with E-state index >= 15 is 0 Å².